The smallest absolute Gasteiger partial charge is 0.335 e. The van der Waals surface area contributed by atoms with Crippen molar-refractivity contribution in [1.29, 1.82) is 0 Å². The van der Waals surface area contributed by atoms with Crippen LogP contribution in [0.1, 0.15) is 6.42 Å². The number of carbonyl (C=O) groups is 1. The molecule has 0 aromatic heterocycles. The highest BCUT2D eigenvalue weighted by molar-refractivity contribution is 5.76. The van der Waals surface area contributed by atoms with Crippen LogP contribution in [-0.4, -0.2) is 46.2 Å². The van der Waals surface area contributed by atoms with E-state index in [9.17, 15) is 4.79 Å². The van der Waals surface area contributed by atoms with Crippen molar-refractivity contribution >= 4 is 5.97 Å². The van der Waals surface area contributed by atoms with E-state index in [1.807, 2.05) is 0 Å². The van der Waals surface area contributed by atoms with Crippen LogP contribution >= 0.6 is 0 Å². The van der Waals surface area contributed by atoms with E-state index in [0.717, 1.165) is 0 Å². The van der Waals surface area contributed by atoms with Gasteiger partial charge in [0.25, 0.3) is 0 Å². The Bertz CT molecular complexity index is 157. The molecule has 0 amide bonds. The number of rotatable bonds is 2. The van der Waals surface area contributed by atoms with Crippen molar-refractivity contribution in [3.05, 3.63) is 0 Å². The predicted octanol–water partition coefficient (Wildman–Crippen LogP) is -1.98. The number of hydrogen-bond acceptors (Lipinski definition) is 5. The molecule has 11 heavy (non-hydrogen) atoms. The molecule has 1 aliphatic rings. The number of cyclic esters (lactones) is 1. The number of ether oxygens (including phenoxy) is 1. The first-order chi connectivity index (χ1) is 5.15. The molecule has 0 aromatic carbocycles. The van der Waals surface area contributed by atoms with E-state index in [-0.39, 0.29) is 6.42 Å². The largest absolute Gasteiger partial charge is 0.457 e. The first-order valence-electron chi connectivity index (χ1n) is 3.32. The number of aliphatic hydroxyl groups excluding tert-OH is 3. The average Bonchev–Trinajstić information content (AvgIpc) is 2.31. The maximum absolute atomic E-state index is 10.5. The van der Waals surface area contributed by atoms with Crippen LogP contribution in [0.3, 0.4) is 0 Å². The summed E-state index contributed by atoms with van der Waals surface area (Å²) in [6.07, 6.45) is -2.94. The SMILES string of the molecule is O=C1O[C@@H]([C@H](O)CO)C[C@H]1O. The lowest BCUT2D eigenvalue weighted by Crippen LogP contribution is -2.29. The summed E-state index contributed by atoms with van der Waals surface area (Å²) in [6.45, 7) is -0.468. The van der Waals surface area contributed by atoms with E-state index in [1.165, 1.54) is 0 Å². The first-order valence-corrected chi connectivity index (χ1v) is 3.32. The predicted molar refractivity (Wildman–Crippen MR) is 33.6 cm³/mol. The maximum atomic E-state index is 10.5. The van der Waals surface area contributed by atoms with E-state index < -0.39 is 30.9 Å². The molecule has 1 fully saturated rings. The van der Waals surface area contributed by atoms with Gasteiger partial charge in [-0.15, -0.1) is 0 Å². The fraction of sp³-hybridized carbons (Fsp3) is 0.833. The van der Waals surface area contributed by atoms with Crippen LogP contribution < -0.4 is 0 Å². The zero-order valence-electron chi connectivity index (χ0n) is 5.80. The Morgan fingerprint density at radius 3 is 2.73 bits per heavy atom. The summed E-state index contributed by atoms with van der Waals surface area (Å²) < 4.78 is 4.53. The number of esters is 1. The third kappa shape index (κ3) is 1.68. The molecular formula is C6H10O5. The summed E-state index contributed by atoms with van der Waals surface area (Å²) in [5, 5.41) is 26.2. The highest BCUT2D eigenvalue weighted by atomic mass is 16.6. The fourth-order valence-electron chi connectivity index (χ4n) is 0.945. The van der Waals surface area contributed by atoms with Crippen LogP contribution in [0.15, 0.2) is 0 Å². The zero-order valence-corrected chi connectivity index (χ0v) is 5.80. The summed E-state index contributed by atoms with van der Waals surface area (Å²) in [5.41, 5.74) is 0. The summed E-state index contributed by atoms with van der Waals surface area (Å²) in [6, 6.07) is 0. The Morgan fingerprint density at radius 1 is 1.73 bits per heavy atom. The van der Waals surface area contributed by atoms with Gasteiger partial charge in [0, 0.05) is 6.42 Å². The Balaban J connectivity index is 2.46. The van der Waals surface area contributed by atoms with E-state index >= 15 is 0 Å². The van der Waals surface area contributed by atoms with E-state index in [1.54, 1.807) is 0 Å². The standard InChI is InChI=1S/C6H10O5/c7-2-4(9)5-1-3(8)6(10)11-5/h3-5,7-9H,1-2H2/t3-,4-,5-/m1/s1. The third-order valence-corrected chi connectivity index (χ3v) is 1.61. The first kappa shape index (κ1) is 8.45. The summed E-state index contributed by atoms with van der Waals surface area (Å²) in [5.74, 6) is -0.734. The molecule has 3 N–H and O–H groups in total. The molecule has 0 saturated carbocycles. The minimum atomic E-state index is -1.15. The Hall–Kier alpha value is -0.650. The molecule has 0 unspecified atom stereocenters. The van der Waals surface area contributed by atoms with Gasteiger partial charge in [0.05, 0.1) is 6.61 Å². The van der Waals surface area contributed by atoms with Gasteiger partial charge in [-0.25, -0.2) is 4.79 Å². The zero-order chi connectivity index (χ0) is 8.43. The van der Waals surface area contributed by atoms with Gasteiger partial charge in [0.2, 0.25) is 0 Å². The van der Waals surface area contributed by atoms with Crippen LogP contribution in [-0.2, 0) is 9.53 Å². The number of carbonyl (C=O) groups excluding carboxylic acids is 1. The Labute approximate surface area is 63.2 Å². The molecule has 0 aromatic rings. The molecule has 64 valence electrons. The molecule has 0 bridgehead atoms. The van der Waals surface area contributed by atoms with Crippen molar-refractivity contribution in [2.45, 2.75) is 24.7 Å². The molecular weight excluding hydrogens is 152 g/mol. The summed E-state index contributed by atoms with van der Waals surface area (Å²) in [4.78, 5) is 10.5. The topological polar surface area (TPSA) is 87.0 Å². The van der Waals surface area contributed by atoms with E-state index in [2.05, 4.69) is 4.74 Å². The van der Waals surface area contributed by atoms with Crippen molar-refractivity contribution in [3.63, 3.8) is 0 Å². The van der Waals surface area contributed by atoms with Gasteiger partial charge in [0.15, 0.2) is 6.10 Å². The van der Waals surface area contributed by atoms with Crippen LogP contribution in [0, 0.1) is 0 Å². The van der Waals surface area contributed by atoms with E-state index in [4.69, 9.17) is 15.3 Å². The molecule has 0 aliphatic carbocycles. The molecule has 0 radical (unpaired) electrons. The van der Waals surface area contributed by atoms with Gasteiger partial charge >= 0.3 is 5.97 Å². The molecule has 1 heterocycles. The third-order valence-electron chi connectivity index (χ3n) is 1.61. The molecule has 1 saturated heterocycles. The maximum Gasteiger partial charge on any atom is 0.335 e. The van der Waals surface area contributed by atoms with Crippen molar-refractivity contribution in [2.24, 2.45) is 0 Å². The number of hydrogen-bond donors (Lipinski definition) is 3. The molecule has 5 nitrogen and oxygen atoms in total. The normalized spacial score (nSPS) is 33.5. The van der Waals surface area contributed by atoms with Crippen molar-refractivity contribution < 1.29 is 24.9 Å². The van der Waals surface area contributed by atoms with Gasteiger partial charge in [-0.3, -0.25) is 0 Å². The molecule has 5 heteroatoms. The second-order valence-corrected chi connectivity index (χ2v) is 2.48. The minimum absolute atomic E-state index is 0.0561. The lowest BCUT2D eigenvalue weighted by molar-refractivity contribution is -0.151. The average molecular weight is 162 g/mol. The van der Waals surface area contributed by atoms with Crippen LogP contribution in [0.25, 0.3) is 0 Å². The van der Waals surface area contributed by atoms with Crippen LogP contribution in [0.2, 0.25) is 0 Å². The lowest BCUT2D eigenvalue weighted by atomic mass is 10.1. The van der Waals surface area contributed by atoms with E-state index in [0.29, 0.717) is 0 Å². The van der Waals surface area contributed by atoms with Crippen molar-refractivity contribution in [1.82, 2.24) is 0 Å². The van der Waals surface area contributed by atoms with Gasteiger partial charge in [-0.2, -0.15) is 0 Å². The second-order valence-electron chi connectivity index (χ2n) is 2.48. The quantitative estimate of drug-likeness (QED) is 0.409. The molecule has 1 rings (SSSR count). The fourth-order valence-corrected chi connectivity index (χ4v) is 0.945. The van der Waals surface area contributed by atoms with Crippen LogP contribution in [0.4, 0.5) is 0 Å². The van der Waals surface area contributed by atoms with Crippen molar-refractivity contribution in [2.75, 3.05) is 6.61 Å². The van der Waals surface area contributed by atoms with Gasteiger partial charge in [0.1, 0.15) is 12.2 Å². The Kier molecular flexibility index (Phi) is 2.43. The van der Waals surface area contributed by atoms with Gasteiger partial charge in [-0.05, 0) is 0 Å². The summed E-state index contributed by atoms with van der Waals surface area (Å²) >= 11 is 0. The second kappa shape index (κ2) is 3.17. The number of aliphatic hydroxyl groups is 3. The summed E-state index contributed by atoms with van der Waals surface area (Å²) in [7, 11) is 0. The molecule has 1 aliphatic heterocycles. The molecule has 0 spiro atoms. The highest BCUT2D eigenvalue weighted by Gasteiger charge is 2.36. The van der Waals surface area contributed by atoms with Gasteiger partial charge in [-0.1, -0.05) is 0 Å². The molecule has 3 atom stereocenters. The lowest BCUT2D eigenvalue weighted by Gasteiger charge is -2.12. The van der Waals surface area contributed by atoms with Crippen molar-refractivity contribution in [3.8, 4) is 0 Å². The van der Waals surface area contributed by atoms with Gasteiger partial charge < -0.3 is 20.1 Å². The van der Waals surface area contributed by atoms with Crippen LogP contribution in [0.5, 0.6) is 0 Å². The highest BCUT2D eigenvalue weighted by Crippen LogP contribution is 2.17. The monoisotopic (exact) mass is 162 g/mol. The minimum Gasteiger partial charge on any atom is -0.457 e. The Morgan fingerprint density at radius 2 is 2.36 bits per heavy atom.